The molecule has 1 saturated carbocycles. The zero-order valence-electron chi connectivity index (χ0n) is 12.3. The van der Waals surface area contributed by atoms with Crippen molar-refractivity contribution in [3.63, 3.8) is 0 Å². The average Bonchev–Trinajstić information content (AvgIpc) is 2.48. The number of aliphatic carboxylic acids is 1. The van der Waals surface area contributed by atoms with E-state index < -0.39 is 11.9 Å². The summed E-state index contributed by atoms with van der Waals surface area (Å²) in [6.07, 6.45) is 7.67. The molecule has 2 atom stereocenters. The summed E-state index contributed by atoms with van der Waals surface area (Å²) in [5, 5.41) is 12.1. The molecule has 1 aliphatic carbocycles. The first-order chi connectivity index (χ1) is 9.58. The van der Waals surface area contributed by atoms with Gasteiger partial charge < -0.3 is 15.3 Å². The van der Waals surface area contributed by atoms with Gasteiger partial charge in [-0.15, -0.1) is 0 Å². The van der Waals surface area contributed by atoms with Gasteiger partial charge in [0.2, 0.25) is 0 Å². The van der Waals surface area contributed by atoms with E-state index in [0.717, 1.165) is 6.42 Å². The minimum absolute atomic E-state index is 0.0889. The molecule has 0 aromatic carbocycles. The molecule has 114 valence electrons. The first-order valence-electron chi connectivity index (χ1n) is 7.86. The molecule has 0 aromatic heterocycles. The number of carbonyl (C=O) groups excluding carboxylic acids is 1. The van der Waals surface area contributed by atoms with Gasteiger partial charge in [-0.3, -0.25) is 4.79 Å². The maximum absolute atomic E-state index is 12.2. The van der Waals surface area contributed by atoms with Crippen LogP contribution in [0.3, 0.4) is 0 Å². The third-order valence-corrected chi connectivity index (χ3v) is 4.77. The number of rotatable bonds is 3. The van der Waals surface area contributed by atoms with Crippen molar-refractivity contribution in [2.45, 2.75) is 57.9 Å². The first kappa shape index (κ1) is 15.1. The third kappa shape index (κ3) is 3.87. The number of carboxylic acid groups (broad SMARTS) is 1. The van der Waals surface area contributed by atoms with Crippen LogP contribution in [0.4, 0.5) is 4.79 Å². The highest BCUT2D eigenvalue weighted by molar-refractivity contribution is 5.76. The van der Waals surface area contributed by atoms with E-state index in [1.807, 2.05) is 0 Å². The lowest BCUT2D eigenvalue weighted by Crippen LogP contribution is -2.50. The Kier molecular flexibility index (Phi) is 5.26. The molecule has 2 rings (SSSR count). The molecule has 5 heteroatoms. The molecule has 5 nitrogen and oxygen atoms in total. The lowest BCUT2D eigenvalue weighted by molar-refractivity contribution is -0.143. The van der Waals surface area contributed by atoms with Gasteiger partial charge in [-0.25, -0.2) is 4.79 Å². The van der Waals surface area contributed by atoms with Crippen LogP contribution < -0.4 is 5.32 Å². The number of likely N-dealkylation sites (tertiary alicyclic amines) is 1. The molecule has 2 aliphatic rings. The van der Waals surface area contributed by atoms with Crippen molar-refractivity contribution in [2.75, 3.05) is 13.1 Å². The van der Waals surface area contributed by atoms with Gasteiger partial charge in [0, 0.05) is 19.1 Å². The number of amides is 2. The maximum Gasteiger partial charge on any atom is 0.317 e. The fourth-order valence-corrected chi connectivity index (χ4v) is 3.40. The quantitative estimate of drug-likeness (QED) is 0.835. The van der Waals surface area contributed by atoms with Crippen LogP contribution >= 0.6 is 0 Å². The van der Waals surface area contributed by atoms with Gasteiger partial charge in [-0.1, -0.05) is 19.3 Å². The predicted molar refractivity (Wildman–Crippen MR) is 76.5 cm³/mol. The summed E-state index contributed by atoms with van der Waals surface area (Å²) < 4.78 is 0. The van der Waals surface area contributed by atoms with Gasteiger partial charge in [0.15, 0.2) is 0 Å². The highest BCUT2D eigenvalue weighted by Gasteiger charge is 2.29. The summed E-state index contributed by atoms with van der Waals surface area (Å²) in [6, 6.07) is 0.0991. The Bertz CT molecular complexity index is 353. The van der Waals surface area contributed by atoms with Crippen LogP contribution in [0.5, 0.6) is 0 Å². The first-order valence-corrected chi connectivity index (χ1v) is 7.86. The second-order valence-corrected chi connectivity index (χ2v) is 6.26. The van der Waals surface area contributed by atoms with E-state index in [2.05, 4.69) is 12.2 Å². The number of hydrogen-bond acceptors (Lipinski definition) is 2. The summed E-state index contributed by atoms with van der Waals surface area (Å²) in [5.74, 6) is -0.616. The molecular formula is C15H26N2O3. The van der Waals surface area contributed by atoms with E-state index in [9.17, 15) is 9.59 Å². The molecule has 0 aromatic rings. The second kappa shape index (κ2) is 6.95. The summed E-state index contributed by atoms with van der Waals surface area (Å²) in [7, 11) is 0. The number of piperidine rings is 1. The van der Waals surface area contributed by atoms with E-state index in [0.29, 0.717) is 25.4 Å². The molecule has 0 bridgehead atoms. The molecule has 20 heavy (non-hydrogen) atoms. The van der Waals surface area contributed by atoms with Crippen LogP contribution in [0, 0.1) is 11.8 Å². The number of carboxylic acids is 1. The zero-order valence-corrected chi connectivity index (χ0v) is 12.3. The topological polar surface area (TPSA) is 69.6 Å². The molecule has 1 saturated heterocycles. The van der Waals surface area contributed by atoms with Crippen LogP contribution in [0.15, 0.2) is 0 Å². The standard InChI is InChI=1S/C15H26N2O3/c1-11(12-6-3-2-4-7-12)16-15(20)17-9-5-8-13(10-17)14(18)19/h11-13H,2-10H2,1H3,(H,16,20)(H,18,19)/t11?,13-/m0/s1. The van der Waals surface area contributed by atoms with E-state index in [1.54, 1.807) is 4.90 Å². The number of carbonyl (C=O) groups is 2. The smallest absolute Gasteiger partial charge is 0.317 e. The summed E-state index contributed by atoms with van der Waals surface area (Å²) >= 11 is 0. The SMILES string of the molecule is CC(NC(=O)N1CCC[C@H](C(=O)O)C1)C1CCCCC1. The Morgan fingerprint density at radius 2 is 1.85 bits per heavy atom. The second-order valence-electron chi connectivity index (χ2n) is 6.26. The molecule has 1 heterocycles. The maximum atomic E-state index is 12.2. The van der Waals surface area contributed by atoms with Gasteiger partial charge in [-0.2, -0.15) is 0 Å². The molecule has 1 unspecified atom stereocenters. The van der Waals surface area contributed by atoms with E-state index in [1.165, 1.54) is 32.1 Å². The average molecular weight is 282 g/mol. The van der Waals surface area contributed by atoms with Crippen molar-refractivity contribution in [3.05, 3.63) is 0 Å². The number of urea groups is 1. The van der Waals surface area contributed by atoms with Crippen molar-refractivity contribution >= 4 is 12.0 Å². The van der Waals surface area contributed by atoms with Crippen molar-refractivity contribution in [1.82, 2.24) is 10.2 Å². The fraction of sp³-hybridized carbons (Fsp3) is 0.867. The highest BCUT2D eigenvalue weighted by atomic mass is 16.4. The number of hydrogen-bond donors (Lipinski definition) is 2. The molecule has 2 fully saturated rings. The van der Waals surface area contributed by atoms with Gasteiger partial charge in [0.25, 0.3) is 0 Å². The van der Waals surface area contributed by atoms with Gasteiger partial charge in [0.05, 0.1) is 5.92 Å². The monoisotopic (exact) mass is 282 g/mol. The van der Waals surface area contributed by atoms with Crippen LogP contribution in [-0.2, 0) is 4.79 Å². The van der Waals surface area contributed by atoms with Crippen LogP contribution in [-0.4, -0.2) is 41.1 Å². The van der Waals surface area contributed by atoms with Crippen molar-refractivity contribution in [2.24, 2.45) is 11.8 Å². The largest absolute Gasteiger partial charge is 0.481 e. The molecular weight excluding hydrogens is 256 g/mol. The third-order valence-electron chi connectivity index (χ3n) is 4.77. The van der Waals surface area contributed by atoms with Crippen LogP contribution in [0.2, 0.25) is 0 Å². The van der Waals surface area contributed by atoms with Gasteiger partial charge in [0.1, 0.15) is 0 Å². The highest BCUT2D eigenvalue weighted by Crippen LogP contribution is 2.26. The van der Waals surface area contributed by atoms with Crippen LogP contribution in [0.1, 0.15) is 51.9 Å². The van der Waals surface area contributed by atoms with Crippen molar-refractivity contribution in [3.8, 4) is 0 Å². The normalized spacial score (nSPS) is 26.1. The Morgan fingerprint density at radius 3 is 2.50 bits per heavy atom. The minimum Gasteiger partial charge on any atom is -0.481 e. The summed E-state index contributed by atoms with van der Waals surface area (Å²) in [5.41, 5.74) is 0. The van der Waals surface area contributed by atoms with Gasteiger partial charge in [-0.05, 0) is 38.5 Å². The lowest BCUT2D eigenvalue weighted by atomic mass is 9.84. The molecule has 2 amide bonds. The summed E-state index contributed by atoms with van der Waals surface area (Å²) in [4.78, 5) is 24.9. The number of nitrogens with zero attached hydrogens (tertiary/aromatic N) is 1. The van der Waals surface area contributed by atoms with E-state index >= 15 is 0 Å². The number of nitrogens with one attached hydrogen (secondary N) is 1. The lowest BCUT2D eigenvalue weighted by Gasteiger charge is -2.34. The van der Waals surface area contributed by atoms with E-state index in [-0.39, 0.29) is 12.1 Å². The molecule has 1 aliphatic heterocycles. The Balaban J connectivity index is 1.82. The molecule has 2 N–H and O–H groups in total. The predicted octanol–water partition coefficient (Wildman–Crippen LogP) is 2.46. The Morgan fingerprint density at radius 1 is 1.15 bits per heavy atom. The van der Waals surface area contributed by atoms with Gasteiger partial charge >= 0.3 is 12.0 Å². The zero-order chi connectivity index (χ0) is 14.5. The molecule has 0 radical (unpaired) electrons. The molecule has 0 spiro atoms. The summed E-state index contributed by atoms with van der Waals surface area (Å²) in [6.45, 7) is 3.10. The van der Waals surface area contributed by atoms with Crippen molar-refractivity contribution in [1.29, 1.82) is 0 Å². The van der Waals surface area contributed by atoms with Crippen LogP contribution in [0.25, 0.3) is 0 Å². The Labute approximate surface area is 120 Å². The fourth-order valence-electron chi connectivity index (χ4n) is 3.40. The minimum atomic E-state index is -0.789. The van der Waals surface area contributed by atoms with Crippen molar-refractivity contribution < 1.29 is 14.7 Å². The Hall–Kier alpha value is -1.26. The van der Waals surface area contributed by atoms with E-state index in [4.69, 9.17) is 5.11 Å².